The van der Waals surface area contributed by atoms with E-state index in [-0.39, 0.29) is 30.1 Å². The highest BCUT2D eigenvalue weighted by Crippen LogP contribution is 2.32. The van der Waals surface area contributed by atoms with Gasteiger partial charge < -0.3 is 11.1 Å². The van der Waals surface area contributed by atoms with Crippen LogP contribution < -0.4 is 11.1 Å². The van der Waals surface area contributed by atoms with Crippen molar-refractivity contribution in [2.75, 3.05) is 17.6 Å². The van der Waals surface area contributed by atoms with Crippen molar-refractivity contribution in [3.8, 4) is 0 Å². The number of hydrogen-bond donors (Lipinski definition) is 2. The summed E-state index contributed by atoms with van der Waals surface area (Å²) in [4.78, 5) is 12.5. The number of nitrogens with two attached hydrogens (primary N) is 1. The lowest BCUT2D eigenvalue weighted by molar-refractivity contribution is -0.137. The molecule has 1 aliphatic heterocycles. The molecular weight excluding hydrogens is 371 g/mol. The van der Waals surface area contributed by atoms with E-state index in [0.29, 0.717) is 19.3 Å². The number of anilines is 1. The van der Waals surface area contributed by atoms with Crippen LogP contribution in [0.2, 0.25) is 0 Å². The molecule has 1 saturated heterocycles. The highest BCUT2D eigenvalue weighted by atomic mass is 32.2. The van der Waals surface area contributed by atoms with Gasteiger partial charge in [-0.2, -0.15) is 17.5 Å². The molecule has 2 rings (SSSR count). The number of benzene rings is 1. The molecule has 0 saturated carbocycles. The van der Waals surface area contributed by atoms with Crippen LogP contribution >= 0.6 is 0 Å². The summed E-state index contributed by atoms with van der Waals surface area (Å²) in [5.74, 6) is -0.707. The lowest BCUT2D eigenvalue weighted by Crippen LogP contribution is -2.44. The van der Waals surface area contributed by atoms with Crippen LogP contribution in [0.1, 0.15) is 37.3 Å². The van der Waals surface area contributed by atoms with E-state index in [1.165, 1.54) is 6.07 Å². The van der Waals surface area contributed by atoms with E-state index in [9.17, 15) is 26.4 Å². The lowest BCUT2D eigenvalue weighted by Gasteiger charge is -2.23. The van der Waals surface area contributed by atoms with Crippen LogP contribution in [0, 0.1) is 0 Å². The summed E-state index contributed by atoms with van der Waals surface area (Å²) < 4.78 is 64.6. The monoisotopic (exact) mass is 393 g/mol. The second kappa shape index (κ2) is 7.93. The molecular formula is C16H22F3N3O3S. The average molecular weight is 393 g/mol. The topological polar surface area (TPSA) is 92.5 Å². The average Bonchev–Trinajstić information content (AvgIpc) is 3.04. The fourth-order valence-corrected chi connectivity index (χ4v) is 4.73. The Hall–Kier alpha value is -1.65. The van der Waals surface area contributed by atoms with Crippen molar-refractivity contribution in [1.82, 2.24) is 4.31 Å². The largest absolute Gasteiger partial charge is 0.416 e. The molecule has 146 valence electrons. The van der Waals surface area contributed by atoms with E-state index < -0.39 is 33.7 Å². The molecule has 1 atom stereocenters. The Morgan fingerprint density at radius 1 is 1.35 bits per heavy atom. The van der Waals surface area contributed by atoms with Gasteiger partial charge in [-0.05, 0) is 43.0 Å². The first-order valence-electron chi connectivity index (χ1n) is 8.30. The number of carbonyl (C=O) groups is 1. The third-order valence-corrected chi connectivity index (χ3v) is 6.22. The normalized spacial score (nSPS) is 18.9. The van der Waals surface area contributed by atoms with Crippen molar-refractivity contribution in [3.05, 3.63) is 29.3 Å². The summed E-state index contributed by atoms with van der Waals surface area (Å²) in [6.45, 7) is 1.84. The molecule has 0 spiro atoms. The van der Waals surface area contributed by atoms with Crippen LogP contribution in [0.25, 0.3) is 0 Å². The zero-order valence-corrected chi connectivity index (χ0v) is 15.2. The van der Waals surface area contributed by atoms with Crippen molar-refractivity contribution in [3.63, 3.8) is 0 Å². The third-order valence-electron chi connectivity index (χ3n) is 4.15. The Labute approximate surface area is 150 Å². The molecule has 0 aliphatic carbocycles. The Morgan fingerprint density at radius 3 is 2.62 bits per heavy atom. The molecule has 10 heteroatoms. The second-order valence-electron chi connectivity index (χ2n) is 6.19. The van der Waals surface area contributed by atoms with E-state index in [4.69, 9.17) is 5.73 Å². The summed E-state index contributed by atoms with van der Waals surface area (Å²) in [5, 5.41) is 2.41. The number of nitrogens with one attached hydrogen (secondary N) is 1. The predicted molar refractivity (Wildman–Crippen MR) is 91.8 cm³/mol. The van der Waals surface area contributed by atoms with Gasteiger partial charge in [0, 0.05) is 18.8 Å². The van der Waals surface area contributed by atoms with Gasteiger partial charge in [0.05, 0.1) is 11.3 Å². The Balaban J connectivity index is 2.24. The number of sulfonamides is 1. The van der Waals surface area contributed by atoms with Gasteiger partial charge in [-0.25, -0.2) is 8.42 Å². The molecule has 26 heavy (non-hydrogen) atoms. The molecule has 1 aromatic carbocycles. The molecule has 1 heterocycles. The number of alkyl halides is 3. The van der Waals surface area contributed by atoms with Gasteiger partial charge in [0.15, 0.2) is 0 Å². The van der Waals surface area contributed by atoms with Gasteiger partial charge >= 0.3 is 6.18 Å². The maximum Gasteiger partial charge on any atom is 0.416 e. The lowest BCUT2D eigenvalue weighted by atomic mass is 10.1. The van der Waals surface area contributed by atoms with Gasteiger partial charge in [-0.3, -0.25) is 4.79 Å². The molecule has 1 aromatic rings. The minimum absolute atomic E-state index is 0.0509. The van der Waals surface area contributed by atoms with Gasteiger partial charge in [0.2, 0.25) is 15.9 Å². The van der Waals surface area contributed by atoms with Crippen LogP contribution in [0.3, 0.4) is 0 Å². The number of amides is 1. The smallest absolute Gasteiger partial charge is 0.326 e. The first kappa shape index (κ1) is 20.7. The van der Waals surface area contributed by atoms with Gasteiger partial charge in [-0.15, -0.1) is 0 Å². The van der Waals surface area contributed by atoms with Crippen LogP contribution in [0.5, 0.6) is 0 Å². The zero-order chi connectivity index (χ0) is 19.5. The minimum atomic E-state index is -4.57. The maximum atomic E-state index is 13.0. The Bertz CT molecular complexity index is 766. The fraction of sp³-hybridized carbons (Fsp3) is 0.562. The number of carbonyl (C=O) groups excluding carboxylic acids is 1. The third kappa shape index (κ3) is 4.74. The van der Waals surface area contributed by atoms with E-state index in [1.54, 1.807) is 6.92 Å². The summed E-state index contributed by atoms with van der Waals surface area (Å²) in [6, 6.07) is 2.18. The van der Waals surface area contributed by atoms with Gasteiger partial charge in [0.1, 0.15) is 6.04 Å². The molecule has 6 nitrogen and oxygen atoms in total. The quantitative estimate of drug-likeness (QED) is 0.776. The van der Waals surface area contributed by atoms with Gasteiger partial charge in [-0.1, -0.05) is 6.92 Å². The molecule has 0 bridgehead atoms. The number of halogens is 3. The highest BCUT2D eigenvalue weighted by molar-refractivity contribution is 7.89. The summed E-state index contributed by atoms with van der Waals surface area (Å²) in [5.41, 5.74) is 4.68. The summed E-state index contributed by atoms with van der Waals surface area (Å²) >= 11 is 0. The van der Waals surface area contributed by atoms with Crippen molar-refractivity contribution in [1.29, 1.82) is 0 Å². The van der Waals surface area contributed by atoms with Crippen LogP contribution in [0.15, 0.2) is 18.2 Å². The zero-order valence-electron chi connectivity index (χ0n) is 14.3. The molecule has 0 radical (unpaired) electrons. The SMILES string of the molecule is CCCS(=O)(=O)N1CCCC1C(=O)Nc1cc(CN)cc(C(F)(F)F)c1. The fourth-order valence-electron chi connectivity index (χ4n) is 2.98. The number of rotatable bonds is 6. The van der Waals surface area contributed by atoms with E-state index >= 15 is 0 Å². The Morgan fingerprint density at radius 2 is 2.04 bits per heavy atom. The molecule has 0 aromatic heterocycles. The predicted octanol–water partition coefficient (Wildman–Crippen LogP) is 2.31. The first-order chi connectivity index (χ1) is 12.1. The van der Waals surface area contributed by atoms with Crippen molar-refractivity contribution in [2.45, 2.75) is 44.9 Å². The van der Waals surface area contributed by atoms with Crippen molar-refractivity contribution >= 4 is 21.6 Å². The highest BCUT2D eigenvalue weighted by Gasteiger charge is 2.38. The summed E-state index contributed by atoms with van der Waals surface area (Å²) in [7, 11) is -3.57. The number of hydrogen-bond acceptors (Lipinski definition) is 4. The number of nitrogens with zero attached hydrogens (tertiary/aromatic N) is 1. The van der Waals surface area contributed by atoms with E-state index in [1.807, 2.05) is 0 Å². The minimum Gasteiger partial charge on any atom is -0.326 e. The standard InChI is InChI=1S/C16H22F3N3O3S/c1-2-6-26(24,25)22-5-3-4-14(22)15(23)21-13-8-11(10-20)7-12(9-13)16(17,18)19/h7-9,14H,2-6,10,20H2,1H3,(H,21,23). The molecule has 1 unspecified atom stereocenters. The van der Waals surface area contributed by atoms with E-state index in [0.717, 1.165) is 16.4 Å². The van der Waals surface area contributed by atoms with Crippen molar-refractivity contribution < 1.29 is 26.4 Å². The van der Waals surface area contributed by atoms with Crippen LogP contribution in [-0.4, -0.2) is 37.0 Å². The van der Waals surface area contributed by atoms with Crippen molar-refractivity contribution in [2.24, 2.45) is 5.73 Å². The second-order valence-corrected chi connectivity index (χ2v) is 8.24. The maximum absolute atomic E-state index is 13.0. The van der Waals surface area contributed by atoms with Gasteiger partial charge in [0.25, 0.3) is 0 Å². The molecule has 1 fully saturated rings. The van der Waals surface area contributed by atoms with Crippen LogP contribution in [0.4, 0.5) is 18.9 Å². The summed E-state index contributed by atoms with van der Waals surface area (Å²) in [6.07, 6.45) is -3.30. The molecule has 1 amide bonds. The van der Waals surface area contributed by atoms with E-state index in [2.05, 4.69) is 5.32 Å². The first-order valence-corrected chi connectivity index (χ1v) is 9.91. The van der Waals surface area contributed by atoms with Crippen LogP contribution in [-0.2, 0) is 27.5 Å². The molecule has 1 aliphatic rings. The molecule has 3 N–H and O–H groups in total. The Kier molecular flexibility index (Phi) is 6.30.